The second kappa shape index (κ2) is 10.0. The molecule has 1 unspecified atom stereocenters. The summed E-state index contributed by atoms with van der Waals surface area (Å²) in [5.41, 5.74) is 1.37. The number of carbonyl (C=O) groups excluding carboxylic acids is 1. The van der Waals surface area contributed by atoms with Crippen molar-refractivity contribution < 1.29 is 19.2 Å². The lowest BCUT2D eigenvalue weighted by Gasteiger charge is -2.37. The molecule has 2 rings (SSSR count). The van der Waals surface area contributed by atoms with Crippen molar-refractivity contribution in [3.8, 4) is 0 Å². The van der Waals surface area contributed by atoms with Crippen LogP contribution in [0.3, 0.4) is 0 Å². The largest absolute Gasteiger partial charge is 0.468 e. The van der Waals surface area contributed by atoms with Gasteiger partial charge in [0.15, 0.2) is 0 Å². The Balaban J connectivity index is 2.60. The normalized spacial score (nSPS) is 16.7. The number of esters is 1. The van der Waals surface area contributed by atoms with E-state index in [4.69, 9.17) is 9.47 Å². The number of non-ortho nitro benzene ring substituents is 1. The van der Waals surface area contributed by atoms with Gasteiger partial charge in [0.05, 0.1) is 35.4 Å². The Morgan fingerprint density at radius 3 is 2.72 bits per heavy atom. The number of benzene rings is 1. The summed E-state index contributed by atoms with van der Waals surface area (Å²) in [6.07, 6.45) is 0.453. The summed E-state index contributed by atoms with van der Waals surface area (Å²) in [4.78, 5) is 30.1. The summed E-state index contributed by atoms with van der Waals surface area (Å²) in [7, 11) is 3.37. The minimum Gasteiger partial charge on any atom is -0.468 e. The van der Waals surface area contributed by atoms with Crippen LogP contribution in [0.2, 0.25) is 0 Å². The molecule has 0 saturated heterocycles. The average molecular weight is 404 g/mol. The van der Waals surface area contributed by atoms with Crippen LogP contribution in [0.5, 0.6) is 0 Å². The van der Waals surface area contributed by atoms with Crippen LogP contribution in [-0.2, 0) is 14.3 Å². The predicted molar refractivity (Wildman–Crippen MR) is 109 cm³/mol. The number of ether oxygens (including phenoxy) is 2. The molecule has 1 N–H and O–H groups in total. The third-order valence-electron chi connectivity index (χ3n) is 4.45. The quantitative estimate of drug-likeness (QED) is 0.307. The van der Waals surface area contributed by atoms with Gasteiger partial charge in [0, 0.05) is 18.7 Å². The van der Waals surface area contributed by atoms with E-state index in [1.807, 2.05) is 11.9 Å². The zero-order chi connectivity index (χ0) is 21.6. The minimum absolute atomic E-state index is 0.0478. The fourth-order valence-corrected chi connectivity index (χ4v) is 3.24. The molecule has 1 aromatic carbocycles. The zero-order valence-electron chi connectivity index (χ0n) is 17.5. The van der Waals surface area contributed by atoms with Gasteiger partial charge >= 0.3 is 5.97 Å². The van der Waals surface area contributed by atoms with Gasteiger partial charge in [0.25, 0.3) is 11.7 Å². The number of hydrogen-bond donors (Lipinski definition) is 1. The van der Waals surface area contributed by atoms with Crippen LogP contribution >= 0.6 is 0 Å². The van der Waals surface area contributed by atoms with Crippen LogP contribution in [0, 0.1) is 10.1 Å². The average Bonchev–Trinajstić information content (AvgIpc) is 2.67. The van der Waals surface area contributed by atoms with Gasteiger partial charge in [0.2, 0.25) is 0 Å². The third kappa shape index (κ3) is 5.32. The van der Waals surface area contributed by atoms with Crippen LogP contribution < -0.4 is 5.32 Å². The number of nitro groups is 1. The molecule has 1 atom stereocenters. The van der Waals surface area contributed by atoms with Crippen LogP contribution in [0.1, 0.15) is 38.8 Å². The van der Waals surface area contributed by atoms with Crippen molar-refractivity contribution in [2.45, 2.75) is 39.3 Å². The summed E-state index contributed by atoms with van der Waals surface area (Å²) >= 11 is 0. The number of nitrogens with one attached hydrogen (secondary N) is 1. The van der Waals surface area contributed by atoms with Crippen LogP contribution in [0.25, 0.3) is 0 Å². The Bertz CT molecular complexity index is 819. The fourth-order valence-electron chi connectivity index (χ4n) is 3.24. The van der Waals surface area contributed by atoms with Gasteiger partial charge in [-0.15, -0.1) is 0 Å². The van der Waals surface area contributed by atoms with Gasteiger partial charge in [-0.05, 0) is 46.3 Å². The predicted octanol–water partition coefficient (Wildman–Crippen LogP) is 2.79. The first-order valence-electron chi connectivity index (χ1n) is 9.50. The maximum Gasteiger partial charge on any atom is 0.338 e. The van der Waals surface area contributed by atoms with Gasteiger partial charge in [0.1, 0.15) is 0 Å². The Morgan fingerprint density at radius 2 is 2.14 bits per heavy atom. The zero-order valence-corrected chi connectivity index (χ0v) is 17.5. The Kier molecular flexibility index (Phi) is 7.72. The fraction of sp³-hybridized carbons (Fsp3) is 0.500. The first-order valence-corrected chi connectivity index (χ1v) is 9.50. The number of hydrogen-bond acceptors (Lipinski definition) is 8. The molecular weight excluding hydrogens is 376 g/mol. The lowest BCUT2D eigenvalue weighted by molar-refractivity contribution is -0.384. The lowest BCUT2D eigenvalue weighted by atomic mass is 9.93. The molecule has 0 amide bonds. The standard InChI is InChI=1S/C20H28N4O5/c1-13(2)29-19(25)17-14(3)22-20(28-5)23(11-7-10-21-4)18(17)15-8-6-9-16(12-15)24(26)27/h6,8-9,12-13,18,21H,7,10-11H2,1-5H3. The van der Waals surface area contributed by atoms with Crippen LogP contribution in [0.15, 0.2) is 40.5 Å². The van der Waals surface area contributed by atoms with E-state index in [1.54, 1.807) is 32.9 Å². The van der Waals surface area contributed by atoms with E-state index < -0.39 is 16.9 Å². The first kappa shape index (κ1) is 22.4. The van der Waals surface area contributed by atoms with Crippen molar-refractivity contribution in [1.82, 2.24) is 10.2 Å². The highest BCUT2D eigenvalue weighted by Gasteiger charge is 2.38. The van der Waals surface area contributed by atoms with Crippen molar-refractivity contribution in [3.63, 3.8) is 0 Å². The summed E-state index contributed by atoms with van der Waals surface area (Å²) in [6, 6.07) is 6.02. The molecule has 0 spiro atoms. The monoisotopic (exact) mass is 404 g/mol. The molecule has 1 heterocycles. The van der Waals surface area contributed by atoms with Crippen LogP contribution in [-0.4, -0.2) is 55.2 Å². The van der Waals surface area contributed by atoms with Crippen LogP contribution in [0.4, 0.5) is 5.69 Å². The summed E-state index contributed by atoms with van der Waals surface area (Å²) < 4.78 is 10.9. The van der Waals surface area contributed by atoms with Crippen molar-refractivity contribution in [2.24, 2.45) is 4.99 Å². The molecule has 9 nitrogen and oxygen atoms in total. The van der Waals surface area contributed by atoms with E-state index in [2.05, 4.69) is 10.3 Å². The number of amidine groups is 1. The van der Waals surface area contributed by atoms with Crippen molar-refractivity contribution in [1.29, 1.82) is 0 Å². The van der Waals surface area contributed by atoms with Gasteiger partial charge in [-0.2, -0.15) is 0 Å². The maximum absolute atomic E-state index is 12.9. The van der Waals surface area contributed by atoms with E-state index in [0.29, 0.717) is 29.4 Å². The van der Waals surface area contributed by atoms with Crippen molar-refractivity contribution >= 4 is 17.7 Å². The number of nitro benzene ring substituents is 1. The maximum atomic E-state index is 12.9. The summed E-state index contributed by atoms with van der Waals surface area (Å²) in [5, 5.41) is 14.4. The molecule has 0 radical (unpaired) electrons. The highest BCUT2D eigenvalue weighted by Crippen LogP contribution is 2.37. The van der Waals surface area contributed by atoms with Gasteiger partial charge in [-0.25, -0.2) is 9.79 Å². The first-order chi connectivity index (χ1) is 13.8. The number of carbonyl (C=O) groups is 1. The van der Waals surface area contributed by atoms with E-state index >= 15 is 0 Å². The molecule has 9 heteroatoms. The molecule has 29 heavy (non-hydrogen) atoms. The van der Waals surface area contributed by atoms with E-state index in [0.717, 1.165) is 13.0 Å². The Labute approximate surface area is 170 Å². The lowest BCUT2D eigenvalue weighted by Crippen LogP contribution is -2.42. The second-order valence-electron chi connectivity index (χ2n) is 6.96. The van der Waals surface area contributed by atoms with Crippen molar-refractivity contribution in [3.05, 3.63) is 51.2 Å². The number of aliphatic imine (C=N–C) groups is 1. The van der Waals surface area contributed by atoms with E-state index in [9.17, 15) is 14.9 Å². The number of rotatable bonds is 8. The molecule has 1 aliphatic heterocycles. The highest BCUT2D eigenvalue weighted by atomic mass is 16.6. The molecule has 1 aromatic rings. The van der Waals surface area contributed by atoms with Crippen molar-refractivity contribution in [2.75, 3.05) is 27.2 Å². The smallest absolute Gasteiger partial charge is 0.338 e. The molecule has 0 saturated carbocycles. The molecule has 0 fully saturated rings. The molecule has 0 aromatic heterocycles. The molecule has 0 aliphatic carbocycles. The second-order valence-corrected chi connectivity index (χ2v) is 6.96. The number of allylic oxidation sites excluding steroid dienone is 1. The summed E-state index contributed by atoms with van der Waals surface area (Å²) in [6.45, 7) is 6.54. The Morgan fingerprint density at radius 1 is 1.41 bits per heavy atom. The molecule has 0 bridgehead atoms. The van der Waals surface area contributed by atoms with Gasteiger partial charge in [-0.3, -0.25) is 10.1 Å². The molecule has 1 aliphatic rings. The van der Waals surface area contributed by atoms with E-state index in [1.165, 1.54) is 19.2 Å². The topological polar surface area (TPSA) is 106 Å². The highest BCUT2D eigenvalue weighted by molar-refractivity contribution is 5.94. The van der Waals surface area contributed by atoms with E-state index in [-0.39, 0.29) is 11.8 Å². The number of nitrogens with zero attached hydrogens (tertiary/aromatic N) is 3. The Hall–Kier alpha value is -2.94. The SMILES string of the molecule is CNCCCN1C(OC)=NC(C)=C(C(=O)OC(C)C)C1c1cccc([N+](=O)[O-])c1. The third-order valence-corrected chi connectivity index (χ3v) is 4.45. The van der Waals surface area contributed by atoms with Gasteiger partial charge in [-0.1, -0.05) is 12.1 Å². The number of methoxy groups -OCH3 is 1. The molecular formula is C20H28N4O5. The summed E-state index contributed by atoms with van der Waals surface area (Å²) in [5.74, 6) is -0.494. The molecule has 158 valence electrons. The van der Waals surface area contributed by atoms with Gasteiger partial charge < -0.3 is 19.7 Å². The minimum atomic E-state index is -0.606.